The highest BCUT2D eigenvalue weighted by Crippen LogP contribution is 2.22. The number of hydrogen-bond acceptors (Lipinski definition) is 1. The lowest BCUT2D eigenvalue weighted by molar-refractivity contribution is 0.0112. The maximum atomic E-state index is 5.68. The van der Waals surface area contributed by atoms with Crippen LogP contribution < -0.4 is 0 Å². The minimum atomic E-state index is 0.479. The molecule has 1 heteroatoms. The molecule has 0 N–H and O–H groups in total. The third-order valence-electron chi connectivity index (χ3n) is 2.26. The Morgan fingerprint density at radius 2 is 1.70 bits per heavy atom. The first kappa shape index (κ1) is 8.06. The maximum Gasteiger partial charge on any atom is 0.0553 e. The van der Waals surface area contributed by atoms with Gasteiger partial charge in [-0.05, 0) is 39.0 Å². The topological polar surface area (TPSA) is 9.23 Å². The van der Waals surface area contributed by atoms with Gasteiger partial charge in [-0.2, -0.15) is 0 Å². The summed E-state index contributed by atoms with van der Waals surface area (Å²) in [5.74, 6) is 0.861. The SMILES string of the molecule is C[C@@H]1CC[C@H](C)O[C@H](C)C1. The molecule has 0 aliphatic carbocycles. The average Bonchev–Trinajstić information content (AvgIpc) is 1.93. The zero-order valence-corrected chi connectivity index (χ0v) is 7.26. The zero-order chi connectivity index (χ0) is 7.56. The lowest BCUT2D eigenvalue weighted by Crippen LogP contribution is -2.13. The first-order valence-corrected chi connectivity index (χ1v) is 4.34. The van der Waals surface area contributed by atoms with Crippen LogP contribution in [-0.2, 0) is 4.74 Å². The molecule has 0 unspecified atom stereocenters. The van der Waals surface area contributed by atoms with Crippen molar-refractivity contribution in [1.82, 2.24) is 0 Å². The Balaban J connectivity index is 2.38. The molecule has 1 aliphatic heterocycles. The van der Waals surface area contributed by atoms with E-state index in [1.165, 1.54) is 19.3 Å². The van der Waals surface area contributed by atoms with Crippen molar-refractivity contribution in [2.45, 2.75) is 52.2 Å². The number of rotatable bonds is 0. The van der Waals surface area contributed by atoms with Crippen molar-refractivity contribution in [3.8, 4) is 0 Å². The molecular weight excluding hydrogens is 124 g/mol. The highest BCUT2D eigenvalue weighted by Gasteiger charge is 2.17. The molecule has 0 amide bonds. The predicted octanol–water partition coefficient (Wildman–Crippen LogP) is 2.60. The van der Waals surface area contributed by atoms with E-state index in [2.05, 4.69) is 20.8 Å². The fourth-order valence-corrected chi connectivity index (χ4v) is 1.72. The summed E-state index contributed by atoms with van der Waals surface area (Å²) in [6.45, 7) is 6.67. The standard InChI is InChI=1S/C9H18O/c1-7-4-5-8(2)10-9(3)6-7/h7-9H,4-6H2,1-3H3/t7-,8+,9-/m1/s1. The van der Waals surface area contributed by atoms with Gasteiger partial charge in [0.25, 0.3) is 0 Å². The minimum Gasteiger partial charge on any atom is -0.376 e. The molecule has 1 saturated heterocycles. The molecule has 1 heterocycles. The van der Waals surface area contributed by atoms with E-state index in [4.69, 9.17) is 4.74 Å². The second-order valence-electron chi connectivity index (χ2n) is 3.68. The highest BCUT2D eigenvalue weighted by atomic mass is 16.5. The summed E-state index contributed by atoms with van der Waals surface area (Å²) in [6, 6.07) is 0. The van der Waals surface area contributed by atoms with E-state index in [1.54, 1.807) is 0 Å². The summed E-state index contributed by atoms with van der Waals surface area (Å²) in [5, 5.41) is 0. The summed E-state index contributed by atoms with van der Waals surface area (Å²) >= 11 is 0. The van der Waals surface area contributed by atoms with Gasteiger partial charge in [-0.25, -0.2) is 0 Å². The quantitative estimate of drug-likeness (QED) is 0.505. The van der Waals surface area contributed by atoms with Crippen LogP contribution in [0.1, 0.15) is 40.0 Å². The van der Waals surface area contributed by atoms with Crippen molar-refractivity contribution in [3.05, 3.63) is 0 Å². The fourth-order valence-electron chi connectivity index (χ4n) is 1.72. The molecule has 3 atom stereocenters. The smallest absolute Gasteiger partial charge is 0.0553 e. The van der Waals surface area contributed by atoms with Gasteiger partial charge in [0.15, 0.2) is 0 Å². The van der Waals surface area contributed by atoms with Gasteiger partial charge in [-0.3, -0.25) is 0 Å². The summed E-state index contributed by atoms with van der Waals surface area (Å²) in [7, 11) is 0. The van der Waals surface area contributed by atoms with E-state index in [0.29, 0.717) is 12.2 Å². The molecule has 1 rings (SSSR count). The summed E-state index contributed by atoms with van der Waals surface area (Å²) in [4.78, 5) is 0. The van der Waals surface area contributed by atoms with E-state index in [-0.39, 0.29) is 0 Å². The summed E-state index contributed by atoms with van der Waals surface area (Å²) in [6.07, 6.45) is 4.79. The lowest BCUT2D eigenvalue weighted by Gasteiger charge is -2.14. The first-order valence-electron chi connectivity index (χ1n) is 4.34. The molecule has 0 bridgehead atoms. The van der Waals surface area contributed by atoms with Crippen LogP contribution in [0.4, 0.5) is 0 Å². The Labute approximate surface area is 63.8 Å². The molecular formula is C9H18O. The van der Waals surface area contributed by atoms with Gasteiger partial charge in [0.2, 0.25) is 0 Å². The minimum absolute atomic E-state index is 0.479. The van der Waals surface area contributed by atoms with Crippen molar-refractivity contribution in [2.24, 2.45) is 5.92 Å². The molecule has 0 aromatic rings. The molecule has 1 fully saturated rings. The van der Waals surface area contributed by atoms with Crippen LogP contribution in [0.25, 0.3) is 0 Å². The van der Waals surface area contributed by atoms with Crippen LogP contribution >= 0.6 is 0 Å². The highest BCUT2D eigenvalue weighted by molar-refractivity contribution is 4.67. The molecule has 1 nitrogen and oxygen atoms in total. The molecule has 0 radical (unpaired) electrons. The Morgan fingerprint density at radius 3 is 2.40 bits per heavy atom. The van der Waals surface area contributed by atoms with Gasteiger partial charge in [-0.15, -0.1) is 0 Å². The lowest BCUT2D eigenvalue weighted by atomic mass is 10.00. The van der Waals surface area contributed by atoms with Crippen LogP contribution in [0, 0.1) is 5.92 Å². The van der Waals surface area contributed by atoms with Crippen molar-refractivity contribution in [2.75, 3.05) is 0 Å². The second-order valence-corrected chi connectivity index (χ2v) is 3.68. The largest absolute Gasteiger partial charge is 0.376 e. The molecule has 10 heavy (non-hydrogen) atoms. The number of ether oxygens (including phenoxy) is 1. The van der Waals surface area contributed by atoms with Gasteiger partial charge in [0.1, 0.15) is 0 Å². The van der Waals surface area contributed by atoms with E-state index in [1.807, 2.05) is 0 Å². The van der Waals surface area contributed by atoms with E-state index < -0.39 is 0 Å². The molecule has 0 aromatic heterocycles. The van der Waals surface area contributed by atoms with Gasteiger partial charge >= 0.3 is 0 Å². The molecule has 60 valence electrons. The Bertz CT molecular complexity index is 88.9. The molecule has 0 saturated carbocycles. The summed E-state index contributed by atoms with van der Waals surface area (Å²) in [5.41, 5.74) is 0. The molecule has 0 aromatic carbocycles. The van der Waals surface area contributed by atoms with Crippen LogP contribution in [0.2, 0.25) is 0 Å². The second kappa shape index (κ2) is 3.38. The van der Waals surface area contributed by atoms with Crippen LogP contribution in [0.5, 0.6) is 0 Å². The third kappa shape index (κ3) is 2.30. The first-order chi connectivity index (χ1) is 4.68. The fraction of sp³-hybridized carbons (Fsp3) is 1.00. The predicted molar refractivity (Wildman–Crippen MR) is 43.0 cm³/mol. The van der Waals surface area contributed by atoms with Crippen molar-refractivity contribution in [3.63, 3.8) is 0 Å². The van der Waals surface area contributed by atoms with Gasteiger partial charge in [-0.1, -0.05) is 6.92 Å². The van der Waals surface area contributed by atoms with Crippen LogP contribution in [0.15, 0.2) is 0 Å². The molecule has 0 spiro atoms. The normalized spacial score (nSPS) is 42.9. The zero-order valence-electron chi connectivity index (χ0n) is 7.26. The number of hydrogen-bond donors (Lipinski definition) is 0. The Morgan fingerprint density at radius 1 is 1.00 bits per heavy atom. The average molecular weight is 142 g/mol. The Kier molecular flexibility index (Phi) is 2.72. The maximum absolute atomic E-state index is 5.68. The van der Waals surface area contributed by atoms with E-state index in [9.17, 15) is 0 Å². The van der Waals surface area contributed by atoms with Crippen molar-refractivity contribution < 1.29 is 4.74 Å². The van der Waals surface area contributed by atoms with Crippen molar-refractivity contribution in [1.29, 1.82) is 0 Å². The van der Waals surface area contributed by atoms with Gasteiger partial charge in [0, 0.05) is 0 Å². The van der Waals surface area contributed by atoms with E-state index in [0.717, 1.165) is 5.92 Å². The molecule has 1 aliphatic rings. The Hall–Kier alpha value is -0.0400. The van der Waals surface area contributed by atoms with Crippen LogP contribution in [0.3, 0.4) is 0 Å². The van der Waals surface area contributed by atoms with Gasteiger partial charge < -0.3 is 4.74 Å². The monoisotopic (exact) mass is 142 g/mol. The van der Waals surface area contributed by atoms with Crippen LogP contribution in [-0.4, -0.2) is 12.2 Å². The van der Waals surface area contributed by atoms with Gasteiger partial charge in [0.05, 0.1) is 12.2 Å². The summed E-state index contributed by atoms with van der Waals surface area (Å²) < 4.78 is 5.68. The van der Waals surface area contributed by atoms with E-state index >= 15 is 0 Å². The van der Waals surface area contributed by atoms with Crippen molar-refractivity contribution >= 4 is 0 Å². The third-order valence-corrected chi connectivity index (χ3v) is 2.26.